The van der Waals surface area contributed by atoms with E-state index < -0.39 is 5.97 Å². The number of benzene rings is 1. The van der Waals surface area contributed by atoms with Crippen molar-refractivity contribution < 1.29 is 9.53 Å². The van der Waals surface area contributed by atoms with Crippen LogP contribution in [0, 0.1) is 25.2 Å². The van der Waals surface area contributed by atoms with Gasteiger partial charge in [0.1, 0.15) is 11.7 Å². The van der Waals surface area contributed by atoms with Crippen LogP contribution < -0.4 is 0 Å². The first-order valence-electron chi connectivity index (χ1n) is 10.4. The highest BCUT2D eigenvalue weighted by molar-refractivity contribution is 5.94. The van der Waals surface area contributed by atoms with E-state index in [1.54, 1.807) is 13.0 Å². The molecule has 0 radical (unpaired) electrons. The second kappa shape index (κ2) is 8.16. The van der Waals surface area contributed by atoms with Gasteiger partial charge in [0.25, 0.3) is 0 Å². The number of carbonyl (C=O) groups is 1. The van der Waals surface area contributed by atoms with Gasteiger partial charge in [0.15, 0.2) is 0 Å². The van der Waals surface area contributed by atoms with Gasteiger partial charge in [-0.3, -0.25) is 0 Å². The number of nitriles is 1. The molecule has 0 fully saturated rings. The van der Waals surface area contributed by atoms with Crippen molar-refractivity contribution >= 4 is 23.1 Å². The topological polar surface area (TPSA) is 67.9 Å². The first kappa shape index (κ1) is 19.9. The predicted molar refractivity (Wildman–Crippen MR) is 117 cm³/mol. The van der Waals surface area contributed by atoms with Crippen LogP contribution in [0.15, 0.2) is 36.4 Å². The minimum absolute atomic E-state index is 0.0649. The summed E-state index contributed by atoms with van der Waals surface area (Å²) in [6, 6.07) is 12.9. The maximum absolute atomic E-state index is 12.0. The summed E-state index contributed by atoms with van der Waals surface area (Å²) < 4.78 is 7.22. The van der Waals surface area contributed by atoms with Gasteiger partial charge in [0.2, 0.25) is 0 Å². The number of fused-ring (bicyclic) bond motifs is 2. The van der Waals surface area contributed by atoms with Crippen LogP contribution in [0.3, 0.4) is 0 Å². The Morgan fingerprint density at radius 2 is 2.17 bits per heavy atom. The van der Waals surface area contributed by atoms with E-state index in [2.05, 4.69) is 34.9 Å². The molecule has 3 aromatic rings. The molecule has 2 aromatic heterocycles. The molecule has 0 amide bonds. The van der Waals surface area contributed by atoms with Crippen LogP contribution in [0.5, 0.6) is 0 Å². The van der Waals surface area contributed by atoms with E-state index in [1.165, 1.54) is 17.2 Å². The number of pyridine rings is 1. The van der Waals surface area contributed by atoms with Gasteiger partial charge in [-0.2, -0.15) is 5.26 Å². The Hall–Kier alpha value is -3.39. The lowest BCUT2D eigenvalue weighted by Crippen LogP contribution is -2.19. The molecule has 1 atom stereocenters. The van der Waals surface area contributed by atoms with Crippen molar-refractivity contribution in [1.29, 1.82) is 5.26 Å². The third-order valence-corrected chi connectivity index (χ3v) is 5.74. The standard InChI is InChI=1S/C25H25N3O2/c1-4-30-23(29)13-12-22-20(15-26)24-16(2)14-17(3)27-25(24)28(22)21-11-7-9-18-8-5-6-10-19(18)21/h5-6,8,10,12-14,21H,4,7,9,11H2,1-3H3/t21-/m0/s1. The molecule has 1 aliphatic carbocycles. The molecule has 0 saturated heterocycles. The fraction of sp³-hybridized carbons (Fsp3) is 0.320. The monoisotopic (exact) mass is 399 g/mol. The quantitative estimate of drug-likeness (QED) is 0.456. The van der Waals surface area contributed by atoms with Crippen LogP contribution in [-0.2, 0) is 16.0 Å². The minimum Gasteiger partial charge on any atom is -0.463 e. The number of ether oxygens (including phenoxy) is 1. The fourth-order valence-electron chi connectivity index (χ4n) is 4.59. The molecule has 4 rings (SSSR count). The SMILES string of the molecule is CCOC(=O)C=Cc1c(C#N)c2c(C)cc(C)nc2n1[C@H]1CCCc2ccccc21. The van der Waals surface area contributed by atoms with Gasteiger partial charge in [0.05, 0.1) is 23.9 Å². The summed E-state index contributed by atoms with van der Waals surface area (Å²) in [4.78, 5) is 16.9. The third-order valence-electron chi connectivity index (χ3n) is 5.74. The summed E-state index contributed by atoms with van der Waals surface area (Å²) >= 11 is 0. The van der Waals surface area contributed by atoms with Crippen molar-refractivity contribution in [3.8, 4) is 6.07 Å². The Labute approximate surface area is 176 Å². The van der Waals surface area contributed by atoms with Crippen LogP contribution in [0.25, 0.3) is 17.1 Å². The Bertz CT molecular complexity index is 1200. The van der Waals surface area contributed by atoms with E-state index in [0.29, 0.717) is 17.9 Å². The van der Waals surface area contributed by atoms with E-state index >= 15 is 0 Å². The number of carbonyl (C=O) groups excluding carboxylic acids is 1. The van der Waals surface area contributed by atoms with E-state index in [-0.39, 0.29) is 6.04 Å². The predicted octanol–water partition coefficient (Wildman–Crippen LogP) is 5.03. The summed E-state index contributed by atoms with van der Waals surface area (Å²) in [5, 5.41) is 10.9. The molecule has 0 unspecified atom stereocenters. The highest BCUT2D eigenvalue weighted by Gasteiger charge is 2.28. The summed E-state index contributed by atoms with van der Waals surface area (Å²) in [7, 11) is 0. The Morgan fingerprint density at radius 1 is 1.37 bits per heavy atom. The van der Waals surface area contributed by atoms with Gasteiger partial charge in [-0.1, -0.05) is 24.3 Å². The highest BCUT2D eigenvalue weighted by Crippen LogP contribution is 2.39. The summed E-state index contributed by atoms with van der Waals surface area (Å²) in [5.41, 5.74) is 6.59. The highest BCUT2D eigenvalue weighted by atomic mass is 16.5. The zero-order chi connectivity index (χ0) is 21.3. The normalized spacial score (nSPS) is 15.9. The number of aromatic nitrogens is 2. The maximum atomic E-state index is 12.0. The van der Waals surface area contributed by atoms with E-state index in [4.69, 9.17) is 9.72 Å². The summed E-state index contributed by atoms with van der Waals surface area (Å²) in [6.45, 7) is 6.07. The van der Waals surface area contributed by atoms with Gasteiger partial charge in [-0.15, -0.1) is 0 Å². The molecule has 0 spiro atoms. The lowest BCUT2D eigenvalue weighted by molar-refractivity contribution is -0.137. The molecular weight excluding hydrogens is 374 g/mol. The lowest BCUT2D eigenvalue weighted by Gasteiger charge is -2.28. The summed E-state index contributed by atoms with van der Waals surface area (Å²) in [6.07, 6.45) is 6.20. The molecule has 0 N–H and O–H groups in total. The maximum Gasteiger partial charge on any atom is 0.330 e. The van der Waals surface area contributed by atoms with Crippen LogP contribution in [0.1, 0.15) is 59.4 Å². The van der Waals surface area contributed by atoms with Crippen molar-refractivity contribution in [3.05, 3.63) is 70.0 Å². The molecule has 0 aliphatic heterocycles. The van der Waals surface area contributed by atoms with Crippen molar-refractivity contribution in [3.63, 3.8) is 0 Å². The number of nitrogens with zero attached hydrogens (tertiary/aromatic N) is 3. The second-order valence-electron chi connectivity index (χ2n) is 7.71. The number of aryl methyl sites for hydroxylation is 3. The zero-order valence-electron chi connectivity index (χ0n) is 17.6. The average Bonchev–Trinajstić information content (AvgIpc) is 3.05. The van der Waals surface area contributed by atoms with E-state index in [9.17, 15) is 10.1 Å². The van der Waals surface area contributed by atoms with Crippen LogP contribution in [0.2, 0.25) is 0 Å². The number of hydrogen-bond acceptors (Lipinski definition) is 4. The van der Waals surface area contributed by atoms with Gasteiger partial charge < -0.3 is 9.30 Å². The molecule has 2 heterocycles. The van der Waals surface area contributed by atoms with Crippen LogP contribution >= 0.6 is 0 Å². The minimum atomic E-state index is -0.414. The molecule has 0 bridgehead atoms. The third kappa shape index (κ3) is 3.39. The first-order valence-corrected chi connectivity index (χ1v) is 10.4. The molecular formula is C25H25N3O2. The smallest absolute Gasteiger partial charge is 0.330 e. The number of hydrogen-bond donors (Lipinski definition) is 0. The zero-order valence-corrected chi connectivity index (χ0v) is 17.6. The molecule has 0 saturated carbocycles. The molecule has 5 heteroatoms. The van der Waals surface area contributed by atoms with Gasteiger partial charge in [-0.05, 0) is 68.9 Å². The number of rotatable bonds is 4. The average molecular weight is 399 g/mol. The first-order chi connectivity index (χ1) is 14.5. The van der Waals surface area contributed by atoms with Crippen molar-refractivity contribution in [2.75, 3.05) is 6.61 Å². The fourth-order valence-corrected chi connectivity index (χ4v) is 4.59. The summed E-state index contributed by atoms with van der Waals surface area (Å²) in [5.74, 6) is -0.414. The largest absolute Gasteiger partial charge is 0.463 e. The Balaban J connectivity index is 2.02. The Morgan fingerprint density at radius 3 is 2.93 bits per heavy atom. The van der Waals surface area contributed by atoms with Crippen molar-refractivity contribution in [2.45, 2.75) is 46.1 Å². The molecule has 5 nitrogen and oxygen atoms in total. The second-order valence-corrected chi connectivity index (χ2v) is 7.71. The van der Waals surface area contributed by atoms with Crippen LogP contribution in [0.4, 0.5) is 0 Å². The Kier molecular flexibility index (Phi) is 5.41. The molecule has 30 heavy (non-hydrogen) atoms. The molecule has 152 valence electrons. The van der Waals surface area contributed by atoms with Gasteiger partial charge in [0, 0.05) is 17.2 Å². The van der Waals surface area contributed by atoms with Crippen molar-refractivity contribution in [2.24, 2.45) is 0 Å². The lowest BCUT2D eigenvalue weighted by atomic mass is 9.87. The molecule has 1 aromatic carbocycles. The number of esters is 1. The van der Waals surface area contributed by atoms with Crippen LogP contribution in [-0.4, -0.2) is 22.1 Å². The van der Waals surface area contributed by atoms with Gasteiger partial charge >= 0.3 is 5.97 Å². The van der Waals surface area contributed by atoms with Gasteiger partial charge in [-0.25, -0.2) is 9.78 Å². The molecule has 1 aliphatic rings. The van der Waals surface area contributed by atoms with E-state index in [1.807, 2.05) is 19.9 Å². The van der Waals surface area contributed by atoms with Crippen molar-refractivity contribution in [1.82, 2.24) is 9.55 Å². The van der Waals surface area contributed by atoms with E-state index in [0.717, 1.165) is 41.6 Å².